The lowest BCUT2D eigenvalue weighted by molar-refractivity contribution is -0.167. The smallest absolute Gasteiger partial charge is 0.306 e. The Morgan fingerprint density at radius 1 is 0.284 bits per heavy atom. The topological polar surface area (TPSA) is 78.9 Å². The van der Waals surface area contributed by atoms with Crippen molar-refractivity contribution in [3.05, 3.63) is 158 Å². The van der Waals surface area contributed by atoms with Gasteiger partial charge >= 0.3 is 17.9 Å². The predicted octanol–water partition coefficient (Wildman–Crippen LogP) is 20.1. The molecule has 0 aromatic heterocycles. The number of allylic oxidation sites excluding steroid dienone is 26. The number of carbonyl (C=O) groups is 3. The van der Waals surface area contributed by atoms with Crippen LogP contribution in [0.2, 0.25) is 0 Å². The number of carbonyl (C=O) groups excluding carboxylic acids is 3. The van der Waals surface area contributed by atoms with Crippen LogP contribution in [-0.4, -0.2) is 37.2 Å². The third-order valence-electron chi connectivity index (χ3n) is 11.8. The van der Waals surface area contributed by atoms with E-state index in [-0.39, 0.29) is 37.5 Å². The summed E-state index contributed by atoms with van der Waals surface area (Å²) in [6.07, 6.45) is 88.3. The molecule has 0 heterocycles. The fourth-order valence-corrected chi connectivity index (χ4v) is 7.42. The molecule has 74 heavy (non-hydrogen) atoms. The van der Waals surface area contributed by atoms with Crippen molar-refractivity contribution in [2.75, 3.05) is 13.2 Å². The van der Waals surface area contributed by atoms with Gasteiger partial charge in [0, 0.05) is 19.3 Å². The highest BCUT2D eigenvalue weighted by molar-refractivity contribution is 5.71. The van der Waals surface area contributed by atoms with Crippen LogP contribution in [-0.2, 0) is 28.6 Å². The molecule has 0 radical (unpaired) electrons. The minimum atomic E-state index is -0.805. The number of ether oxygens (including phenoxy) is 3. The summed E-state index contributed by atoms with van der Waals surface area (Å²) in [7, 11) is 0. The highest BCUT2D eigenvalue weighted by atomic mass is 16.6. The molecule has 0 aromatic carbocycles. The average Bonchev–Trinajstić information content (AvgIpc) is 3.40. The molecule has 0 saturated carbocycles. The summed E-state index contributed by atoms with van der Waals surface area (Å²) >= 11 is 0. The molecule has 0 spiro atoms. The lowest BCUT2D eigenvalue weighted by Crippen LogP contribution is -2.30. The molecule has 0 saturated heterocycles. The number of hydrogen-bond acceptors (Lipinski definition) is 6. The molecule has 0 bridgehead atoms. The predicted molar refractivity (Wildman–Crippen MR) is 320 cm³/mol. The van der Waals surface area contributed by atoms with Gasteiger partial charge in [0.25, 0.3) is 0 Å². The zero-order chi connectivity index (χ0) is 53.6. The van der Waals surface area contributed by atoms with Crippen molar-refractivity contribution in [1.82, 2.24) is 0 Å². The van der Waals surface area contributed by atoms with Gasteiger partial charge in [0.15, 0.2) is 6.10 Å². The van der Waals surface area contributed by atoms with Gasteiger partial charge in [-0.25, -0.2) is 0 Å². The Morgan fingerprint density at radius 3 is 0.824 bits per heavy atom. The molecule has 1 atom stereocenters. The first-order chi connectivity index (χ1) is 36.5. The van der Waals surface area contributed by atoms with Gasteiger partial charge in [0.05, 0.1) is 0 Å². The first-order valence-corrected chi connectivity index (χ1v) is 29.5. The van der Waals surface area contributed by atoms with E-state index in [1.165, 1.54) is 19.3 Å². The summed E-state index contributed by atoms with van der Waals surface area (Å²) < 4.78 is 16.7. The molecule has 1 unspecified atom stereocenters. The van der Waals surface area contributed by atoms with E-state index in [0.717, 1.165) is 173 Å². The van der Waals surface area contributed by atoms with Crippen LogP contribution in [0.25, 0.3) is 0 Å². The third-order valence-corrected chi connectivity index (χ3v) is 11.8. The average molecular weight is 1020 g/mol. The normalized spacial score (nSPS) is 13.3. The van der Waals surface area contributed by atoms with Crippen molar-refractivity contribution in [2.45, 2.75) is 239 Å². The van der Waals surface area contributed by atoms with Crippen molar-refractivity contribution in [3.8, 4) is 0 Å². The van der Waals surface area contributed by atoms with Gasteiger partial charge < -0.3 is 14.2 Å². The minimum absolute atomic E-state index is 0.102. The second-order valence-corrected chi connectivity index (χ2v) is 18.8. The maximum atomic E-state index is 12.8. The molecule has 0 rings (SSSR count). The fraction of sp³-hybridized carbons (Fsp3) is 0.574. The van der Waals surface area contributed by atoms with Crippen LogP contribution in [0.4, 0.5) is 0 Å². The van der Waals surface area contributed by atoms with Crippen LogP contribution in [0, 0.1) is 0 Å². The van der Waals surface area contributed by atoms with Gasteiger partial charge in [0.1, 0.15) is 13.2 Å². The van der Waals surface area contributed by atoms with Crippen molar-refractivity contribution >= 4 is 17.9 Å². The van der Waals surface area contributed by atoms with Crippen molar-refractivity contribution in [2.24, 2.45) is 0 Å². The second-order valence-electron chi connectivity index (χ2n) is 18.8. The summed E-state index contributed by atoms with van der Waals surface area (Å²) in [6, 6.07) is 0. The fourth-order valence-electron chi connectivity index (χ4n) is 7.42. The van der Waals surface area contributed by atoms with Crippen LogP contribution < -0.4 is 0 Å². The summed E-state index contributed by atoms with van der Waals surface area (Å²) in [5, 5.41) is 0. The summed E-state index contributed by atoms with van der Waals surface area (Å²) in [5.41, 5.74) is 0. The molecule has 0 fully saturated rings. The van der Waals surface area contributed by atoms with Gasteiger partial charge in [-0.15, -0.1) is 0 Å². The summed E-state index contributed by atoms with van der Waals surface area (Å²) in [5.74, 6) is -0.965. The zero-order valence-electron chi connectivity index (χ0n) is 47.3. The Bertz CT molecular complexity index is 1690. The molecule has 0 N–H and O–H groups in total. The quantitative estimate of drug-likeness (QED) is 0.0261. The minimum Gasteiger partial charge on any atom is -0.462 e. The Hall–Kier alpha value is -4.97. The van der Waals surface area contributed by atoms with Gasteiger partial charge in [-0.05, 0) is 128 Å². The number of hydrogen-bond donors (Lipinski definition) is 0. The number of unbranched alkanes of at least 4 members (excludes halogenated alkanes) is 14. The van der Waals surface area contributed by atoms with E-state index < -0.39 is 6.10 Å². The molecule has 0 aliphatic rings. The van der Waals surface area contributed by atoms with Gasteiger partial charge in [0.2, 0.25) is 0 Å². The van der Waals surface area contributed by atoms with Crippen LogP contribution in [0.5, 0.6) is 0 Å². The van der Waals surface area contributed by atoms with Crippen molar-refractivity contribution in [1.29, 1.82) is 0 Å². The van der Waals surface area contributed by atoms with E-state index in [4.69, 9.17) is 14.2 Å². The van der Waals surface area contributed by atoms with Crippen molar-refractivity contribution in [3.63, 3.8) is 0 Å². The molecule has 0 aromatic rings. The molecule has 0 aliphatic heterocycles. The highest BCUT2D eigenvalue weighted by Crippen LogP contribution is 2.13. The van der Waals surface area contributed by atoms with E-state index in [9.17, 15) is 14.4 Å². The maximum Gasteiger partial charge on any atom is 0.306 e. The zero-order valence-corrected chi connectivity index (χ0v) is 47.3. The largest absolute Gasteiger partial charge is 0.462 e. The van der Waals surface area contributed by atoms with Crippen LogP contribution in [0.15, 0.2) is 158 Å². The lowest BCUT2D eigenvalue weighted by Gasteiger charge is -2.18. The molecule has 414 valence electrons. The van der Waals surface area contributed by atoms with E-state index >= 15 is 0 Å². The monoisotopic (exact) mass is 1020 g/mol. The second kappa shape index (κ2) is 60.6. The highest BCUT2D eigenvalue weighted by Gasteiger charge is 2.19. The van der Waals surface area contributed by atoms with Crippen LogP contribution in [0.3, 0.4) is 0 Å². The molecular weight excluding hydrogens is 913 g/mol. The van der Waals surface area contributed by atoms with E-state index in [2.05, 4.69) is 179 Å². The Balaban J connectivity index is 4.29. The van der Waals surface area contributed by atoms with E-state index in [0.29, 0.717) is 12.8 Å². The van der Waals surface area contributed by atoms with Crippen LogP contribution in [0.1, 0.15) is 233 Å². The Morgan fingerprint density at radius 2 is 0.527 bits per heavy atom. The summed E-state index contributed by atoms with van der Waals surface area (Å²) in [4.78, 5) is 37.9. The number of esters is 3. The molecular formula is C68H106O6. The van der Waals surface area contributed by atoms with E-state index in [1.807, 2.05) is 0 Å². The molecule has 0 amide bonds. The molecule has 0 aliphatic carbocycles. The van der Waals surface area contributed by atoms with E-state index in [1.54, 1.807) is 0 Å². The third kappa shape index (κ3) is 57.9. The van der Waals surface area contributed by atoms with Gasteiger partial charge in [-0.2, -0.15) is 0 Å². The Kier molecular flexibility index (Phi) is 56.5. The van der Waals surface area contributed by atoms with Crippen molar-refractivity contribution < 1.29 is 28.6 Å². The lowest BCUT2D eigenvalue weighted by atomic mass is 10.1. The number of rotatable bonds is 51. The van der Waals surface area contributed by atoms with Gasteiger partial charge in [-0.1, -0.05) is 243 Å². The maximum absolute atomic E-state index is 12.8. The standard InChI is InChI=1S/C68H106O6/c1-4-7-10-13-16-18-20-22-24-26-28-30-32-33-34-35-37-38-40-42-44-46-48-50-52-55-58-61-67(70)73-64-65(63-72-66(69)60-57-54-15-12-9-6-3)74-68(71)62-59-56-53-51-49-47-45-43-41-39-36-31-29-27-25-23-21-19-17-14-11-8-5-2/h7-8,10-11,16-19,22-25,28-31,33-34,37-39,41-42,44-45,47,65H,4-6,9,12-15,20-21,26-27,32,35-36,40,43,46,48-64H2,1-3H3/b10-7-,11-8-,18-16-,19-17-,24-22-,25-23-,30-28-,31-29-,34-33-,38-37-,41-39-,44-42-,47-45-. The molecule has 6 nitrogen and oxygen atoms in total. The first-order valence-electron chi connectivity index (χ1n) is 29.5. The van der Waals surface area contributed by atoms with Gasteiger partial charge in [-0.3, -0.25) is 14.4 Å². The van der Waals surface area contributed by atoms with Crippen LogP contribution >= 0.6 is 0 Å². The SMILES string of the molecule is CC/C=C\C/C=C\C/C=C\C/C=C\C/C=C\C/C=C\C/C=C\CCCCCCCC(=O)OCC(COC(=O)CCCCCCCC)OC(=O)CCCCCC/C=C\C/C=C\C/C=C\C/C=C\C/C=C\C/C=C\CC. The molecule has 6 heteroatoms. The summed E-state index contributed by atoms with van der Waals surface area (Å²) in [6.45, 7) is 6.29. The Labute approximate surface area is 454 Å². The first kappa shape index (κ1) is 69.0.